The quantitative estimate of drug-likeness (QED) is 0.522. The number of halogens is 1. The fourth-order valence-electron chi connectivity index (χ4n) is 2.12. The van der Waals surface area contributed by atoms with Crippen LogP contribution in [-0.4, -0.2) is 4.98 Å². The van der Waals surface area contributed by atoms with Gasteiger partial charge in [0.15, 0.2) is 0 Å². The van der Waals surface area contributed by atoms with Crippen LogP contribution in [0.25, 0.3) is 21.8 Å². The summed E-state index contributed by atoms with van der Waals surface area (Å²) in [6.07, 6.45) is 0. The first-order valence-corrected chi connectivity index (χ1v) is 5.99. The van der Waals surface area contributed by atoms with Gasteiger partial charge in [-0.1, -0.05) is 34.9 Å². The lowest BCUT2D eigenvalue weighted by molar-refractivity contribution is 1.43. The molecule has 0 aliphatic heterocycles. The Morgan fingerprint density at radius 2 is 1.29 bits per heavy atom. The molecular weight excluding hydrogens is 230 g/mol. The van der Waals surface area contributed by atoms with Gasteiger partial charge in [-0.25, -0.2) is 4.98 Å². The zero-order valence-corrected chi connectivity index (χ0v) is 10.5. The minimum atomic E-state index is 0.803. The van der Waals surface area contributed by atoms with Gasteiger partial charge in [0.2, 0.25) is 0 Å². The number of aromatic nitrogens is 1. The van der Waals surface area contributed by atoms with Crippen molar-refractivity contribution in [3.63, 3.8) is 0 Å². The summed E-state index contributed by atoms with van der Waals surface area (Å²) in [5, 5.41) is 2.87. The summed E-state index contributed by atoms with van der Waals surface area (Å²) in [6.45, 7) is 4.13. The molecular formula is C15H12ClN. The minimum Gasteiger partial charge on any atom is -0.248 e. The maximum atomic E-state index is 6.48. The zero-order chi connectivity index (χ0) is 12.0. The molecule has 0 bridgehead atoms. The first kappa shape index (κ1) is 10.5. The average molecular weight is 242 g/mol. The molecule has 1 aromatic heterocycles. The number of hydrogen-bond acceptors (Lipinski definition) is 1. The molecule has 2 heteroatoms. The van der Waals surface area contributed by atoms with E-state index in [0.717, 1.165) is 26.8 Å². The van der Waals surface area contributed by atoms with Crippen LogP contribution in [0.1, 0.15) is 11.1 Å². The van der Waals surface area contributed by atoms with E-state index in [4.69, 9.17) is 11.6 Å². The molecule has 0 saturated carbocycles. The lowest BCUT2D eigenvalue weighted by Gasteiger charge is -2.06. The molecule has 0 N–H and O–H groups in total. The summed E-state index contributed by atoms with van der Waals surface area (Å²) < 4.78 is 0. The van der Waals surface area contributed by atoms with Gasteiger partial charge in [-0.15, -0.1) is 0 Å². The summed E-state index contributed by atoms with van der Waals surface area (Å²) >= 11 is 6.48. The maximum absolute atomic E-state index is 6.48. The monoisotopic (exact) mass is 241 g/mol. The van der Waals surface area contributed by atoms with Gasteiger partial charge in [-0.2, -0.15) is 0 Å². The molecule has 1 heterocycles. The first-order chi connectivity index (χ1) is 8.15. The second-order valence-corrected chi connectivity index (χ2v) is 4.84. The van der Waals surface area contributed by atoms with Gasteiger partial charge in [0.25, 0.3) is 0 Å². The molecule has 1 nitrogen and oxygen atoms in total. The van der Waals surface area contributed by atoms with E-state index in [1.165, 1.54) is 11.1 Å². The third-order valence-corrected chi connectivity index (χ3v) is 3.43. The fourth-order valence-corrected chi connectivity index (χ4v) is 2.42. The Labute approximate surface area is 105 Å². The van der Waals surface area contributed by atoms with Crippen molar-refractivity contribution in [3.8, 4) is 0 Å². The summed E-state index contributed by atoms with van der Waals surface area (Å²) in [4.78, 5) is 4.64. The third-order valence-electron chi connectivity index (χ3n) is 3.02. The zero-order valence-electron chi connectivity index (χ0n) is 9.79. The molecule has 3 aromatic rings. The van der Waals surface area contributed by atoms with Crippen molar-refractivity contribution in [1.82, 2.24) is 4.98 Å². The molecule has 3 rings (SSSR count). The molecule has 17 heavy (non-hydrogen) atoms. The molecule has 84 valence electrons. The Morgan fingerprint density at radius 3 is 1.76 bits per heavy atom. The van der Waals surface area contributed by atoms with Crippen LogP contribution in [0.2, 0.25) is 5.02 Å². The van der Waals surface area contributed by atoms with Gasteiger partial charge in [0.05, 0.1) is 16.1 Å². The van der Waals surface area contributed by atoms with Crippen molar-refractivity contribution in [3.05, 3.63) is 52.5 Å². The predicted octanol–water partition coefficient (Wildman–Crippen LogP) is 4.66. The molecule has 0 spiro atoms. The van der Waals surface area contributed by atoms with E-state index in [1.54, 1.807) is 0 Å². The molecule has 0 aliphatic carbocycles. The van der Waals surface area contributed by atoms with Gasteiger partial charge >= 0.3 is 0 Å². The number of pyridine rings is 1. The van der Waals surface area contributed by atoms with E-state index in [0.29, 0.717) is 0 Å². The molecule has 0 radical (unpaired) electrons. The highest BCUT2D eigenvalue weighted by molar-refractivity contribution is 6.40. The van der Waals surface area contributed by atoms with Crippen molar-refractivity contribution in [2.24, 2.45) is 0 Å². The number of aryl methyl sites for hydroxylation is 2. The van der Waals surface area contributed by atoms with Crippen molar-refractivity contribution in [2.45, 2.75) is 13.8 Å². The molecule has 0 fully saturated rings. The SMILES string of the molecule is Cc1ccc2nc3ccc(C)cc3c(Cl)c2c1. The Balaban J connectivity index is 2.53. The van der Waals surface area contributed by atoms with Gasteiger partial charge in [-0.3, -0.25) is 0 Å². The summed E-state index contributed by atoms with van der Waals surface area (Å²) in [5.41, 5.74) is 4.32. The van der Waals surface area contributed by atoms with E-state index < -0.39 is 0 Å². The Morgan fingerprint density at radius 1 is 0.824 bits per heavy atom. The van der Waals surface area contributed by atoms with Crippen LogP contribution in [-0.2, 0) is 0 Å². The Bertz CT molecular complexity index is 672. The van der Waals surface area contributed by atoms with Crippen LogP contribution in [0.15, 0.2) is 36.4 Å². The molecule has 0 unspecified atom stereocenters. The maximum Gasteiger partial charge on any atom is 0.0724 e. The first-order valence-electron chi connectivity index (χ1n) is 5.61. The smallest absolute Gasteiger partial charge is 0.0724 e. The van der Waals surface area contributed by atoms with E-state index >= 15 is 0 Å². The summed E-state index contributed by atoms with van der Waals surface area (Å²) in [5.74, 6) is 0. The van der Waals surface area contributed by atoms with Gasteiger partial charge < -0.3 is 0 Å². The number of fused-ring (bicyclic) bond motifs is 2. The summed E-state index contributed by atoms with van der Waals surface area (Å²) in [7, 11) is 0. The van der Waals surface area contributed by atoms with E-state index in [-0.39, 0.29) is 0 Å². The van der Waals surface area contributed by atoms with E-state index in [9.17, 15) is 0 Å². The molecule has 2 aromatic carbocycles. The number of nitrogens with zero attached hydrogens (tertiary/aromatic N) is 1. The van der Waals surface area contributed by atoms with Gasteiger partial charge in [-0.05, 0) is 38.1 Å². The van der Waals surface area contributed by atoms with Gasteiger partial charge in [0, 0.05) is 10.8 Å². The van der Waals surface area contributed by atoms with Crippen molar-refractivity contribution in [1.29, 1.82) is 0 Å². The highest BCUT2D eigenvalue weighted by Crippen LogP contribution is 2.31. The van der Waals surface area contributed by atoms with E-state index in [2.05, 4.69) is 43.1 Å². The van der Waals surface area contributed by atoms with Crippen LogP contribution in [0.3, 0.4) is 0 Å². The summed E-state index contributed by atoms with van der Waals surface area (Å²) in [6, 6.07) is 12.3. The molecule has 0 saturated heterocycles. The van der Waals surface area contributed by atoms with Crippen LogP contribution < -0.4 is 0 Å². The average Bonchev–Trinajstić information content (AvgIpc) is 2.32. The van der Waals surface area contributed by atoms with Crippen LogP contribution in [0.4, 0.5) is 0 Å². The lowest BCUT2D eigenvalue weighted by Crippen LogP contribution is -1.86. The lowest BCUT2D eigenvalue weighted by atomic mass is 10.1. The highest BCUT2D eigenvalue weighted by Gasteiger charge is 2.07. The van der Waals surface area contributed by atoms with E-state index in [1.807, 2.05) is 12.1 Å². The van der Waals surface area contributed by atoms with Crippen LogP contribution in [0.5, 0.6) is 0 Å². The van der Waals surface area contributed by atoms with Crippen LogP contribution >= 0.6 is 11.6 Å². The standard InChI is InChI=1S/C15H12ClN/c1-9-3-5-13-11(7-9)15(16)12-8-10(2)4-6-14(12)17-13/h3-8H,1-2H3. The highest BCUT2D eigenvalue weighted by atomic mass is 35.5. The number of hydrogen-bond donors (Lipinski definition) is 0. The van der Waals surface area contributed by atoms with Crippen molar-refractivity contribution in [2.75, 3.05) is 0 Å². The number of rotatable bonds is 0. The Hall–Kier alpha value is -1.60. The second kappa shape index (κ2) is 3.71. The fraction of sp³-hybridized carbons (Fsp3) is 0.133. The van der Waals surface area contributed by atoms with Gasteiger partial charge in [0.1, 0.15) is 0 Å². The number of benzene rings is 2. The topological polar surface area (TPSA) is 12.9 Å². The molecule has 0 aliphatic rings. The molecule has 0 atom stereocenters. The normalized spacial score (nSPS) is 11.2. The van der Waals surface area contributed by atoms with Crippen molar-refractivity contribution >= 4 is 33.4 Å². The van der Waals surface area contributed by atoms with Crippen LogP contribution in [0, 0.1) is 13.8 Å². The van der Waals surface area contributed by atoms with Crippen molar-refractivity contribution < 1.29 is 0 Å². The third kappa shape index (κ3) is 1.67. The Kier molecular flexibility index (Phi) is 2.30. The largest absolute Gasteiger partial charge is 0.248 e. The predicted molar refractivity (Wildman–Crippen MR) is 73.7 cm³/mol. The second-order valence-electron chi connectivity index (χ2n) is 4.47. The molecule has 0 amide bonds. The minimum absolute atomic E-state index is 0.803.